The summed E-state index contributed by atoms with van der Waals surface area (Å²) in [6.45, 7) is 2.03. The van der Waals surface area contributed by atoms with Gasteiger partial charge in [-0.2, -0.15) is 0 Å². The van der Waals surface area contributed by atoms with Crippen LogP contribution in [-0.2, 0) is 4.79 Å². The van der Waals surface area contributed by atoms with Crippen LogP contribution in [0.1, 0.15) is 25.3 Å². The molecule has 0 spiro atoms. The SMILES string of the molecule is CC1C(=O)C(N(C)C)CCC1=Cc1ccccc1.Cl. The predicted octanol–water partition coefficient (Wildman–Crippen LogP) is 3.42. The maximum atomic E-state index is 12.3. The van der Waals surface area contributed by atoms with Crippen LogP contribution < -0.4 is 0 Å². The third-order valence-electron chi connectivity index (χ3n) is 3.79. The normalized spacial score (nSPS) is 25.5. The number of halogens is 1. The summed E-state index contributed by atoms with van der Waals surface area (Å²) in [5.74, 6) is 0.403. The highest BCUT2D eigenvalue weighted by Crippen LogP contribution is 2.30. The maximum absolute atomic E-state index is 12.3. The van der Waals surface area contributed by atoms with Gasteiger partial charge in [0.05, 0.1) is 6.04 Å². The first-order valence-corrected chi connectivity index (χ1v) is 6.55. The lowest BCUT2D eigenvalue weighted by Gasteiger charge is -2.32. The van der Waals surface area contributed by atoms with Gasteiger partial charge < -0.3 is 0 Å². The number of hydrogen-bond donors (Lipinski definition) is 0. The van der Waals surface area contributed by atoms with E-state index in [1.807, 2.05) is 44.1 Å². The molecule has 0 aliphatic heterocycles. The molecule has 1 aliphatic rings. The molecule has 2 nitrogen and oxygen atoms in total. The second-order valence-corrected chi connectivity index (χ2v) is 5.27. The van der Waals surface area contributed by atoms with Crippen LogP contribution in [0, 0.1) is 5.92 Å². The van der Waals surface area contributed by atoms with E-state index in [0.717, 1.165) is 12.8 Å². The molecule has 0 N–H and O–H groups in total. The summed E-state index contributed by atoms with van der Waals surface area (Å²) in [7, 11) is 3.97. The molecule has 2 unspecified atom stereocenters. The van der Waals surface area contributed by atoms with Crippen molar-refractivity contribution in [1.29, 1.82) is 0 Å². The topological polar surface area (TPSA) is 20.3 Å². The van der Waals surface area contributed by atoms with E-state index in [0.29, 0.717) is 5.78 Å². The number of carbonyl (C=O) groups excluding carboxylic acids is 1. The minimum atomic E-state index is 0. The Hall–Kier alpha value is -1.12. The van der Waals surface area contributed by atoms with Crippen LogP contribution in [0.25, 0.3) is 6.08 Å². The van der Waals surface area contributed by atoms with E-state index in [2.05, 4.69) is 18.2 Å². The first-order chi connectivity index (χ1) is 8.59. The molecular formula is C16H22ClNO. The van der Waals surface area contributed by atoms with Crippen LogP contribution in [0.4, 0.5) is 0 Å². The molecule has 0 heterocycles. The molecule has 104 valence electrons. The van der Waals surface area contributed by atoms with Crippen molar-refractivity contribution in [1.82, 2.24) is 4.90 Å². The largest absolute Gasteiger partial charge is 0.300 e. The second kappa shape index (κ2) is 6.88. The summed E-state index contributed by atoms with van der Waals surface area (Å²) in [5, 5.41) is 0. The molecule has 0 bridgehead atoms. The molecular weight excluding hydrogens is 258 g/mol. The number of Topliss-reactive ketones (excluding diaryl/α,β-unsaturated/α-hetero) is 1. The molecule has 1 aliphatic carbocycles. The fourth-order valence-electron chi connectivity index (χ4n) is 2.61. The molecule has 0 radical (unpaired) electrons. The third-order valence-corrected chi connectivity index (χ3v) is 3.79. The first-order valence-electron chi connectivity index (χ1n) is 6.55. The molecule has 2 atom stereocenters. The highest BCUT2D eigenvalue weighted by Gasteiger charge is 2.32. The van der Waals surface area contributed by atoms with Gasteiger partial charge in [-0.05, 0) is 32.5 Å². The quantitative estimate of drug-likeness (QED) is 0.827. The Morgan fingerprint density at radius 2 is 1.84 bits per heavy atom. The molecule has 1 saturated carbocycles. The Bertz CT molecular complexity index is 453. The molecule has 19 heavy (non-hydrogen) atoms. The average molecular weight is 280 g/mol. The summed E-state index contributed by atoms with van der Waals surface area (Å²) in [4.78, 5) is 14.3. The summed E-state index contributed by atoms with van der Waals surface area (Å²) >= 11 is 0. The van der Waals surface area contributed by atoms with Crippen LogP contribution in [0.2, 0.25) is 0 Å². The molecule has 1 fully saturated rings. The lowest BCUT2D eigenvalue weighted by molar-refractivity contribution is -0.127. The minimum Gasteiger partial charge on any atom is -0.300 e. The number of likely N-dealkylation sites (N-methyl/N-ethyl adjacent to an activating group) is 1. The second-order valence-electron chi connectivity index (χ2n) is 5.27. The van der Waals surface area contributed by atoms with Crippen molar-refractivity contribution in [3.63, 3.8) is 0 Å². The fourth-order valence-corrected chi connectivity index (χ4v) is 2.61. The Labute approximate surface area is 121 Å². The van der Waals surface area contributed by atoms with E-state index in [9.17, 15) is 4.79 Å². The maximum Gasteiger partial charge on any atom is 0.156 e. The van der Waals surface area contributed by atoms with Gasteiger partial charge >= 0.3 is 0 Å². The number of allylic oxidation sites excluding steroid dienone is 1. The van der Waals surface area contributed by atoms with Crippen LogP contribution in [-0.4, -0.2) is 30.8 Å². The van der Waals surface area contributed by atoms with Gasteiger partial charge in [0.25, 0.3) is 0 Å². The Morgan fingerprint density at radius 3 is 2.42 bits per heavy atom. The van der Waals surface area contributed by atoms with Crippen LogP contribution in [0.15, 0.2) is 35.9 Å². The van der Waals surface area contributed by atoms with E-state index in [4.69, 9.17) is 0 Å². The highest BCUT2D eigenvalue weighted by atomic mass is 35.5. The summed E-state index contributed by atoms with van der Waals surface area (Å²) in [6, 6.07) is 10.3. The monoisotopic (exact) mass is 279 g/mol. The van der Waals surface area contributed by atoms with E-state index < -0.39 is 0 Å². The smallest absolute Gasteiger partial charge is 0.156 e. The summed E-state index contributed by atoms with van der Waals surface area (Å²) < 4.78 is 0. The zero-order valence-corrected chi connectivity index (χ0v) is 12.6. The van der Waals surface area contributed by atoms with Crippen LogP contribution >= 0.6 is 12.4 Å². The standard InChI is InChI=1S/C16H21NO.ClH/c1-12-14(11-13-7-5-4-6-8-13)9-10-15(16(12)18)17(2)3;/h4-8,11-12,15H,9-10H2,1-3H3;1H. The third kappa shape index (κ3) is 3.68. The molecule has 0 saturated heterocycles. The lowest BCUT2D eigenvalue weighted by atomic mass is 9.80. The van der Waals surface area contributed by atoms with Crippen molar-refractivity contribution in [2.24, 2.45) is 5.92 Å². The van der Waals surface area contributed by atoms with Crippen LogP contribution in [0.5, 0.6) is 0 Å². The van der Waals surface area contributed by atoms with Gasteiger partial charge in [-0.15, -0.1) is 12.4 Å². The van der Waals surface area contributed by atoms with Gasteiger partial charge in [0.15, 0.2) is 5.78 Å². The number of hydrogen-bond acceptors (Lipinski definition) is 2. The van der Waals surface area contributed by atoms with Gasteiger partial charge in [-0.25, -0.2) is 0 Å². The van der Waals surface area contributed by atoms with Crippen LogP contribution in [0.3, 0.4) is 0 Å². The van der Waals surface area contributed by atoms with Crippen molar-refractivity contribution < 1.29 is 4.79 Å². The minimum absolute atomic E-state index is 0. The van der Waals surface area contributed by atoms with Gasteiger partial charge in [-0.1, -0.05) is 48.9 Å². The van der Waals surface area contributed by atoms with Gasteiger partial charge in [0.1, 0.15) is 0 Å². The van der Waals surface area contributed by atoms with Gasteiger partial charge in [0.2, 0.25) is 0 Å². The van der Waals surface area contributed by atoms with Crippen molar-refractivity contribution in [2.75, 3.05) is 14.1 Å². The van der Waals surface area contributed by atoms with E-state index >= 15 is 0 Å². The molecule has 0 aromatic heterocycles. The van der Waals surface area contributed by atoms with Crippen molar-refractivity contribution in [3.8, 4) is 0 Å². The zero-order valence-electron chi connectivity index (χ0n) is 11.8. The number of rotatable bonds is 2. The number of carbonyl (C=O) groups is 1. The predicted molar refractivity (Wildman–Crippen MR) is 82.5 cm³/mol. The Morgan fingerprint density at radius 1 is 1.21 bits per heavy atom. The molecule has 1 aromatic carbocycles. The summed E-state index contributed by atoms with van der Waals surface area (Å²) in [5.41, 5.74) is 2.46. The van der Waals surface area contributed by atoms with Crippen molar-refractivity contribution in [2.45, 2.75) is 25.8 Å². The number of ketones is 1. The average Bonchev–Trinajstić information content (AvgIpc) is 2.36. The van der Waals surface area contributed by atoms with Crippen molar-refractivity contribution in [3.05, 3.63) is 41.5 Å². The van der Waals surface area contributed by atoms with Gasteiger partial charge in [-0.3, -0.25) is 9.69 Å². The first kappa shape index (κ1) is 15.9. The van der Waals surface area contributed by atoms with E-state index in [-0.39, 0.29) is 24.4 Å². The highest BCUT2D eigenvalue weighted by molar-refractivity contribution is 5.90. The zero-order chi connectivity index (χ0) is 13.1. The molecule has 3 heteroatoms. The fraction of sp³-hybridized carbons (Fsp3) is 0.438. The lowest BCUT2D eigenvalue weighted by Crippen LogP contribution is -2.42. The molecule has 1 aromatic rings. The van der Waals surface area contributed by atoms with Crippen molar-refractivity contribution >= 4 is 24.3 Å². The van der Waals surface area contributed by atoms with E-state index in [1.54, 1.807) is 0 Å². The molecule has 2 rings (SSSR count). The van der Waals surface area contributed by atoms with E-state index in [1.165, 1.54) is 11.1 Å². The Kier molecular flexibility index (Phi) is 5.77. The number of nitrogens with zero attached hydrogens (tertiary/aromatic N) is 1. The summed E-state index contributed by atoms with van der Waals surface area (Å²) in [6.07, 6.45) is 4.13. The Balaban J connectivity index is 0.00000180. The van der Waals surface area contributed by atoms with Gasteiger partial charge in [0, 0.05) is 5.92 Å². The molecule has 0 amide bonds. The number of benzene rings is 1.